The summed E-state index contributed by atoms with van der Waals surface area (Å²) in [7, 11) is 0. The normalized spacial score (nSPS) is 37.5. The quantitative estimate of drug-likeness (QED) is 0.809. The smallest absolute Gasteiger partial charge is 0.0617 e. The van der Waals surface area contributed by atoms with Crippen molar-refractivity contribution in [2.75, 3.05) is 6.61 Å². The van der Waals surface area contributed by atoms with Gasteiger partial charge in [-0.05, 0) is 38.0 Å². The lowest BCUT2D eigenvalue weighted by Gasteiger charge is -2.38. The molecule has 1 N–H and O–H groups in total. The summed E-state index contributed by atoms with van der Waals surface area (Å²) < 4.78 is 6.15. The Morgan fingerprint density at radius 3 is 2.56 bits per heavy atom. The van der Waals surface area contributed by atoms with Crippen molar-refractivity contribution in [1.82, 2.24) is 0 Å². The molecule has 0 aromatic heterocycles. The summed E-state index contributed by atoms with van der Waals surface area (Å²) in [6.07, 6.45) is 10.6. The molecule has 94 valence electrons. The van der Waals surface area contributed by atoms with Crippen LogP contribution in [0.3, 0.4) is 0 Å². The molecule has 0 radical (unpaired) electrons. The summed E-state index contributed by atoms with van der Waals surface area (Å²) in [5, 5.41) is 9.01. The Bertz CT molecular complexity index is 204. The van der Waals surface area contributed by atoms with Crippen molar-refractivity contribution < 1.29 is 9.84 Å². The van der Waals surface area contributed by atoms with Crippen LogP contribution < -0.4 is 0 Å². The summed E-state index contributed by atoms with van der Waals surface area (Å²) in [6.45, 7) is 0.252. The monoisotopic (exact) mass is 290 g/mol. The molecule has 1 aliphatic carbocycles. The summed E-state index contributed by atoms with van der Waals surface area (Å²) >= 11 is 3.74. The second-order valence-corrected chi connectivity index (χ2v) is 6.57. The molecule has 0 aromatic carbocycles. The van der Waals surface area contributed by atoms with Gasteiger partial charge in [-0.25, -0.2) is 0 Å². The Balaban J connectivity index is 1.87. The molecule has 1 heterocycles. The van der Waals surface area contributed by atoms with Crippen LogP contribution in [-0.4, -0.2) is 28.7 Å². The van der Waals surface area contributed by atoms with Crippen LogP contribution in [-0.2, 0) is 4.74 Å². The topological polar surface area (TPSA) is 29.5 Å². The molecule has 3 atom stereocenters. The number of hydrogen-bond donors (Lipinski definition) is 1. The molecule has 2 fully saturated rings. The molecule has 0 bridgehead atoms. The highest BCUT2D eigenvalue weighted by molar-refractivity contribution is 9.09. The minimum atomic E-state index is 0.252. The van der Waals surface area contributed by atoms with Gasteiger partial charge in [-0.3, -0.25) is 0 Å². The summed E-state index contributed by atoms with van der Waals surface area (Å²) in [4.78, 5) is 0.588. The van der Waals surface area contributed by atoms with Crippen LogP contribution in [0.5, 0.6) is 0 Å². The Hall–Kier alpha value is 0.400. The minimum absolute atomic E-state index is 0.252. The summed E-state index contributed by atoms with van der Waals surface area (Å²) in [5.41, 5.74) is 0. The van der Waals surface area contributed by atoms with Gasteiger partial charge >= 0.3 is 0 Å². The minimum Gasteiger partial charge on any atom is -0.396 e. The number of aliphatic hydroxyl groups is 1. The maximum atomic E-state index is 9.01. The van der Waals surface area contributed by atoms with Crippen LogP contribution in [0.2, 0.25) is 0 Å². The van der Waals surface area contributed by atoms with E-state index in [1.54, 1.807) is 0 Å². The van der Waals surface area contributed by atoms with Crippen molar-refractivity contribution in [2.45, 2.75) is 68.4 Å². The van der Waals surface area contributed by atoms with Gasteiger partial charge in [0.2, 0.25) is 0 Å². The van der Waals surface area contributed by atoms with E-state index < -0.39 is 0 Å². The maximum absolute atomic E-state index is 9.01. The highest BCUT2D eigenvalue weighted by atomic mass is 79.9. The molecule has 0 spiro atoms. The molecule has 0 amide bonds. The first-order valence-corrected chi connectivity index (χ1v) is 7.61. The van der Waals surface area contributed by atoms with Crippen LogP contribution in [0.4, 0.5) is 0 Å². The predicted molar refractivity (Wildman–Crippen MR) is 68.9 cm³/mol. The van der Waals surface area contributed by atoms with E-state index >= 15 is 0 Å². The van der Waals surface area contributed by atoms with E-state index in [0.717, 1.165) is 25.2 Å². The molecular formula is C13H23BrO2. The zero-order valence-corrected chi connectivity index (χ0v) is 11.5. The third-order valence-corrected chi connectivity index (χ3v) is 4.75. The van der Waals surface area contributed by atoms with Crippen molar-refractivity contribution in [3.05, 3.63) is 0 Å². The fraction of sp³-hybridized carbons (Fsp3) is 1.00. The van der Waals surface area contributed by atoms with E-state index in [-0.39, 0.29) is 12.7 Å². The fourth-order valence-electron chi connectivity index (χ4n) is 3.13. The number of aliphatic hydroxyl groups excluding tert-OH is 1. The zero-order chi connectivity index (χ0) is 11.4. The molecule has 0 aromatic rings. The van der Waals surface area contributed by atoms with Crippen molar-refractivity contribution in [3.8, 4) is 0 Å². The van der Waals surface area contributed by atoms with Gasteiger partial charge in [-0.2, -0.15) is 0 Å². The molecule has 2 nitrogen and oxygen atoms in total. The number of rotatable bonds is 3. The summed E-state index contributed by atoms with van der Waals surface area (Å²) in [6, 6.07) is 0. The van der Waals surface area contributed by atoms with Crippen molar-refractivity contribution in [2.24, 2.45) is 5.92 Å². The molecule has 1 aliphatic heterocycles. The molecule has 1 saturated carbocycles. The van der Waals surface area contributed by atoms with Crippen LogP contribution in [0.15, 0.2) is 0 Å². The van der Waals surface area contributed by atoms with E-state index in [4.69, 9.17) is 9.84 Å². The van der Waals surface area contributed by atoms with Gasteiger partial charge in [0.1, 0.15) is 0 Å². The van der Waals surface area contributed by atoms with Crippen molar-refractivity contribution in [1.29, 1.82) is 0 Å². The van der Waals surface area contributed by atoms with Gasteiger partial charge in [-0.15, -0.1) is 0 Å². The number of alkyl halides is 1. The van der Waals surface area contributed by atoms with Crippen LogP contribution in [0.25, 0.3) is 0 Å². The number of halogens is 1. The average molecular weight is 291 g/mol. The standard InChI is InChI=1S/C13H23BrO2/c14-11-8-12(6-7-15)16-13(9-11)10-4-2-1-3-5-10/h10-13,15H,1-9H2/t11-,12+,13+/m0/s1. The van der Waals surface area contributed by atoms with Gasteiger partial charge in [0.15, 0.2) is 0 Å². The molecular weight excluding hydrogens is 268 g/mol. The lowest BCUT2D eigenvalue weighted by molar-refractivity contribution is -0.0871. The van der Waals surface area contributed by atoms with Gasteiger partial charge in [0.25, 0.3) is 0 Å². The Morgan fingerprint density at radius 2 is 1.88 bits per heavy atom. The van der Waals surface area contributed by atoms with Gasteiger partial charge in [0, 0.05) is 11.4 Å². The van der Waals surface area contributed by atoms with E-state index in [9.17, 15) is 0 Å². The molecule has 3 heteroatoms. The van der Waals surface area contributed by atoms with Crippen LogP contribution >= 0.6 is 15.9 Å². The number of ether oxygens (including phenoxy) is 1. The average Bonchev–Trinajstić information content (AvgIpc) is 2.30. The molecule has 2 aliphatic rings. The zero-order valence-electron chi connectivity index (χ0n) is 9.91. The lowest BCUT2D eigenvalue weighted by Crippen LogP contribution is -2.38. The van der Waals surface area contributed by atoms with Crippen molar-refractivity contribution >= 4 is 15.9 Å². The third-order valence-electron chi connectivity index (χ3n) is 4.00. The highest BCUT2D eigenvalue weighted by Crippen LogP contribution is 2.36. The van der Waals surface area contributed by atoms with Gasteiger partial charge in [0.05, 0.1) is 12.2 Å². The van der Waals surface area contributed by atoms with E-state index in [1.165, 1.54) is 32.1 Å². The van der Waals surface area contributed by atoms with Crippen LogP contribution in [0.1, 0.15) is 51.4 Å². The largest absolute Gasteiger partial charge is 0.396 e. The first-order valence-electron chi connectivity index (χ1n) is 6.70. The van der Waals surface area contributed by atoms with Gasteiger partial charge in [-0.1, -0.05) is 35.2 Å². The number of hydrogen-bond acceptors (Lipinski definition) is 2. The Labute approximate surface area is 107 Å². The Morgan fingerprint density at radius 1 is 1.12 bits per heavy atom. The SMILES string of the molecule is OCC[C@@H]1C[C@H](Br)C[C@H](C2CCCCC2)O1. The molecule has 0 unspecified atom stereocenters. The Kier molecular flexibility index (Phi) is 5.11. The lowest BCUT2D eigenvalue weighted by atomic mass is 9.82. The molecule has 2 rings (SSSR count). The fourth-order valence-corrected chi connectivity index (χ4v) is 3.92. The predicted octanol–water partition coefficient (Wildman–Crippen LogP) is 3.26. The first kappa shape index (κ1) is 12.8. The molecule has 16 heavy (non-hydrogen) atoms. The van der Waals surface area contributed by atoms with Crippen molar-refractivity contribution in [3.63, 3.8) is 0 Å². The van der Waals surface area contributed by atoms with E-state index in [2.05, 4.69) is 15.9 Å². The molecule has 1 saturated heterocycles. The first-order chi connectivity index (χ1) is 7.79. The highest BCUT2D eigenvalue weighted by Gasteiger charge is 2.33. The second-order valence-electron chi connectivity index (χ2n) is 5.28. The summed E-state index contributed by atoms with van der Waals surface area (Å²) in [5.74, 6) is 0.773. The van der Waals surface area contributed by atoms with Gasteiger partial charge < -0.3 is 9.84 Å². The van der Waals surface area contributed by atoms with E-state index in [0.29, 0.717) is 10.9 Å². The third kappa shape index (κ3) is 3.44. The second kappa shape index (κ2) is 6.36. The van der Waals surface area contributed by atoms with E-state index in [1.807, 2.05) is 0 Å². The van der Waals surface area contributed by atoms with Crippen LogP contribution in [0, 0.1) is 5.92 Å². The maximum Gasteiger partial charge on any atom is 0.0617 e.